The van der Waals surface area contributed by atoms with E-state index < -0.39 is 151 Å². The van der Waals surface area contributed by atoms with Crippen LogP contribution < -0.4 is 10.6 Å². The van der Waals surface area contributed by atoms with Crippen molar-refractivity contribution in [2.75, 3.05) is 6.50 Å². The summed E-state index contributed by atoms with van der Waals surface area (Å²) >= 11 is 0. The zero-order valence-electron chi connectivity index (χ0n) is 61.7. The molecule has 4 saturated heterocycles. The average Bonchev–Trinajstić information content (AvgIpc) is 1.64. The SMILES string of the molecule is Cc1nnc(C(C)C)n1C1CC2CCC(C1)N2.S.[2H]C(=O)C([2H])([2H])[C@]([2H])(NC(=O)OC(C)(C)C)c1c([2H])c([2H])c([2H])c([2H])c1[2H].[2H]c1c([2H])c([2H])c([C@@]([2H])(CC(=O)OC(C)(C)C)C([2H])([2H])C([2H])([2H])N2C3CCC2CC(n2c(C)nnc2C(C)C)C3)c([2H])c1[2H]. The van der Waals surface area contributed by atoms with Gasteiger partial charge >= 0.3 is 12.1 Å². The molecule has 0 radical (unpaired) electrons. The molecule has 2 N–H and O–H groups in total. The summed E-state index contributed by atoms with van der Waals surface area (Å²) in [6, 6.07) is -10.7. The number of esters is 1. The fourth-order valence-corrected chi connectivity index (χ4v) is 9.48. The summed E-state index contributed by atoms with van der Waals surface area (Å²) in [5, 5.41) is 22.7. The number of benzene rings is 2. The number of nitrogens with one attached hydrogen (secondary N) is 2. The van der Waals surface area contributed by atoms with Crippen LogP contribution in [-0.4, -0.2) is 94.6 Å². The monoisotopic (exact) mass is 1000 g/mol. The smallest absolute Gasteiger partial charge is 0.408 e. The molecule has 6 atom stereocenters. The van der Waals surface area contributed by atoms with Crippen molar-refractivity contribution in [3.8, 4) is 0 Å². The number of alkyl carbamates (subject to hydrolysis) is 1. The lowest BCUT2D eigenvalue weighted by Crippen LogP contribution is -2.44. The van der Waals surface area contributed by atoms with E-state index in [0.29, 0.717) is 37.6 Å². The van der Waals surface area contributed by atoms with Crippen LogP contribution >= 0.6 is 13.5 Å². The summed E-state index contributed by atoms with van der Waals surface area (Å²) in [4.78, 5) is 38.3. The third-order valence-electron chi connectivity index (χ3n) is 12.1. The van der Waals surface area contributed by atoms with Crippen LogP contribution in [0.1, 0.15) is 236 Å². The van der Waals surface area contributed by atoms with E-state index in [1.165, 1.54) is 51.4 Å². The zero-order chi connectivity index (χ0) is 66.8. The lowest BCUT2D eigenvalue weighted by molar-refractivity contribution is -0.155. The third-order valence-corrected chi connectivity index (χ3v) is 12.1. The van der Waals surface area contributed by atoms with Crippen molar-refractivity contribution in [2.45, 2.75) is 225 Å². The number of piperidine rings is 2. The van der Waals surface area contributed by atoms with Crippen LogP contribution in [0.25, 0.3) is 0 Å². The van der Waals surface area contributed by atoms with Gasteiger partial charge in [0.05, 0.1) is 27.5 Å². The number of rotatable bonds is 14. The highest BCUT2D eigenvalue weighted by Gasteiger charge is 2.42. The maximum absolute atomic E-state index is 13.2. The Hall–Kier alpha value is -4.60. The lowest BCUT2D eigenvalue weighted by atomic mass is 9.90. The Labute approximate surface area is 452 Å². The number of hydrogen-bond donors (Lipinski definition) is 2. The van der Waals surface area contributed by atoms with Gasteiger partial charge in [0.25, 0.3) is 0 Å². The van der Waals surface area contributed by atoms with E-state index >= 15 is 0 Å². The third kappa shape index (κ3) is 15.7. The van der Waals surface area contributed by atoms with Gasteiger partial charge in [-0.3, -0.25) is 9.69 Å². The van der Waals surface area contributed by atoms with Crippen LogP contribution in [0.3, 0.4) is 0 Å². The van der Waals surface area contributed by atoms with E-state index in [9.17, 15) is 21.2 Å². The highest BCUT2D eigenvalue weighted by atomic mass is 32.1. The molecular weight excluding hydrogens is 899 g/mol. The van der Waals surface area contributed by atoms with Crippen LogP contribution in [0.5, 0.6) is 0 Å². The predicted molar refractivity (Wildman–Crippen MR) is 282 cm³/mol. The Balaban J connectivity index is 0.000000270. The minimum absolute atomic E-state index is 0. The Morgan fingerprint density at radius 3 is 1.69 bits per heavy atom. The Kier molecular flexibility index (Phi) is 12.5. The van der Waals surface area contributed by atoms with E-state index in [1.807, 2.05) is 20.8 Å². The number of aryl methyl sites for hydroxylation is 2. The van der Waals surface area contributed by atoms with E-state index in [4.69, 9.17) is 28.7 Å². The van der Waals surface area contributed by atoms with Crippen molar-refractivity contribution in [3.05, 3.63) is 94.8 Å². The van der Waals surface area contributed by atoms with Gasteiger partial charge in [0.15, 0.2) is 0 Å². The molecule has 4 unspecified atom stereocenters. The summed E-state index contributed by atoms with van der Waals surface area (Å²) in [7, 11) is 0. The number of ether oxygens (including phenoxy) is 2. The number of fused-ring (bicyclic) bond motifs is 4. The van der Waals surface area contributed by atoms with E-state index in [0.717, 1.165) is 35.4 Å². The summed E-state index contributed by atoms with van der Waals surface area (Å²) in [6.07, 6.45) is -3.77. The minimum atomic E-state index is -3.46. The van der Waals surface area contributed by atoms with Crippen molar-refractivity contribution >= 4 is 31.8 Å². The van der Waals surface area contributed by atoms with Gasteiger partial charge in [-0.2, -0.15) is 13.5 Å². The van der Waals surface area contributed by atoms with Gasteiger partial charge in [0.2, 0.25) is 0 Å². The van der Waals surface area contributed by atoms with Crippen LogP contribution in [0, 0.1) is 13.8 Å². The van der Waals surface area contributed by atoms with Crippen LogP contribution in [0.2, 0.25) is 0 Å². The van der Waals surface area contributed by atoms with Crippen molar-refractivity contribution in [1.82, 2.24) is 45.1 Å². The number of aromatic nitrogens is 6. The van der Waals surface area contributed by atoms with E-state index in [2.05, 4.69) is 55.6 Å². The molecule has 8 rings (SSSR count). The molecule has 0 aliphatic carbocycles. The zero-order valence-corrected chi connectivity index (χ0v) is 43.7. The number of amides is 1. The molecule has 4 aliphatic rings. The molecule has 6 heterocycles. The van der Waals surface area contributed by atoms with Crippen LogP contribution in [0.4, 0.5) is 4.79 Å². The Bertz CT molecular complexity index is 3200. The summed E-state index contributed by atoms with van der Waals surface area (Å²) in [5.41, 5.74) is -3.88. The van der Waals surface area contributed by atoms with Gasteiger partial charge in [0, 0.05) is 64.1 Å². The second-order valence-corrected chi connectivity index (χ2v) is 20.6. The highest BCUT2D eigenvalue weighted by Crippen LogP contribution is 2.43. The molecule has 4 fully saturated rings. The van der Waals surface area contributed by atoms with Crippen molar-refractivity contribution in [1.29, 1.82) is 0 Å². The Morgan fingerprint density at radius 1 is 0.757 bits per heavy atom. The van der Waals surface area contributed by atoms with Crippen LogP contribution in [0.15, 0.2) is 60.4 Å². The fraction of sp³-hybridized carbons (Fsp3) is 0.655. The number of carbonyl (C=O) groups is 3. The first kappa shape index (κ1) is 34.7. The van der Waals surface area contributed by atoms with Crippen molar-refractivity contribution < 1.29 is 49.9 Å². The molecule has 70 heavy (non-hydrogen) atoms. The molecule has 0 spiro atoms. The second-order valence-electron chi connectivity index (χ2n) is 20.6. The Morgan fingerprint density at radius 2 is 1.23 bits per heavy atom. The molecule has 4 aromatic rings. The number of nitrogens with zero attached hydrogens (tertiary/aromatic N) is 7. The fourth-order valence-electron chi connectivity index (χ4n) is 9.48. The normalized spacial score (nSPS) is 28.1. The van der Waals surface area contributed by atoms with Crippen LogP contribution in [-0.2, 0) is 19.1 Å². The maximum atomic E-state index is 13.2. The molecule has 4 aliphatic heterocycles. The van der Waals surface area contributed by atoms with Gasteiger partial charge in [-0.15, -0.1) is 20.4 Å². The average molecular weight is 1000 g/mol. The van der Waals surface area contributed by atoms with Gasteiger partial charge in [-0.05, 0) is 137 Å². The number of carbonyl (C=O) groups excluding carboxylic acids is 3. The van der Waals surface area contributed by atoms with E-state index in [-0.39, 0.29) is 25.5 Å². The number of aldehydes is 1. The molecule has 15 heteroatoms. The largest absolute Gasteiger partial charge is 0.460 e. The lowest BCUT2D eigenvalue weighted by Gasteiger charge is -2.40. The molecule has 0 saturated carbocycles. The molecule has 1 amide bonds. The predicted octanol–water partition coefficient (Wildman–Crippen LogP) is 10.9. The quantitative estimate of drug-likeness (QED) is 0.0915. The molecule has 386 valence electrons. The summed E-state index contributed by atoms with van der Waals surface area (Å²) in [6.45, 7) is 18.7. The van der Waals surface area contributed by atoms with Gasteiger partial charge in [0.1, 0.15) is 42.1 Å². The highest BCUT2D eigenvalue weighted by molar-refractivity contribution is 7.59. The van der Waals surface area contributed by atoms with Crippen molar-refractivity contribution in [3.63, 3.8) is 0 Å². The van der Waals surface area contributed by atoms with E-state index in [1.54, 1.807) is 26.1 Å². The standard InChI is InChI=1S/C28H42N4O2.C14H19NO3.C13H22N4.H2S/c1-19(2)27-30-29-20(3)32(27)25-17-23-12-13-24(18-25)31(23)15-14-22(21-10-8-7-9-11-21)16-26(33)34-28(4,5)6;1-14(2,3)18-13(17)15-12(9-10-16)11-7-5-4-6-8-11;1-8(2)13-16-15-9(3)17(13)12-6-10-4-5-11(7-12)14-10;/h7-11,19,22-25H,12-18H2,1-6H3;4-8,10,12H,9H2,1-3H3,(H,15,17);8,10-12,14H,4-7H2,1-3H3;1H2/t22-,23?,24?,25?;12-;;/m10../s1/i7D,8D,9D,10D,11D,14D2,15D2,22D;4D,5D,6D,7D,8D,9D2,10D,12D;;. The topological polar surface area (TPSA) is 158 Å². The van der Waals surface area contributed by atoms with Crippen molar-refractivity contribution in [2.24, 2.45) is 0 Å². The first-order valence-electron chi connectivity index (χ1n) is 33.4. The van der Waals surface area contributed by atoms with Gasteiger partial charge in [-0.25, -0.2) is 4.79 Å². The summed E-state index contributed by atoms with van der Waals surface area (Å²) < 4.78 is 173. The summed E-state index contributed by atoms with van der Waals surface area (Å²) in [5.74, 6) is 0.373. The minimum Gasteiger partial charge on any atom is -0.460 e. The second kappa shape index (κ2) is 25.2. The molecule has 2 aromatic carbocycles. The molecule has 4 bridgehead atoms. The molecular formula is C55H85N9O5S. The maximum Gasteiger partial charge on any atom is 0.408 e. The van der Waals surface area contributed by atoms with Gasteiger partial charge < -0.3 is 34.0 Å². The van der Waals surface area contributed by atoms with Gasteiger partial charge in [-0.1, -0.05) is 88.1 Å². The number of hydrogen-bond acceptors (Lipinski definition) is 11. The first-order chi connectivity index (χ1) is 40.2. The first-order valence-corrected chi connectivity index (χ1v) is 23.9. The molecule has 2 aromatic heterocycles. The molecule has 14 nitrogen and oxygen atoms in total.